The zero-order chi connectivity index (χ0) is 19.4. The molecule has 144 valence electrons. The summed E-state index contributed by atoms with van der Waals surface area (Å²) in [6, 6.07) is 11.6. The number of amides is 1. The molecule has 0 fully saturated rings. The van der Waals surface area contributed by atoms with Gasteiger partial charge in [0.2, 0.25) is 15.9 Å². The van der Waals surface area contributed by atoms with Crippen molar-refractivity contribution < 1.29 is 27.4 Å². The molecule has 0 bridgehead atoms. The van der Waals surface area contributed by atoms with E-state index in [1.807, 2.05) is 0 Å². The molecule has 8 nitrogen and oxygen atoms in total. The van der Waals surface area contributed by atoms with Crippen molar-refractivity contribution in [2.24, 2.45) is 0 Å². The molecule has 0 saturated heterocycles. The maximum atomic E-state index is 12.5. The first-order chi connectivity index (χ1) is 12.9. The SMILES string of the molecule is COc1ccccc1NC(=O)CN(c1ccc2c(c1)OCCO2)S(C)(=O)=O. The number of carbonyl (C=O) groups is 1. The van der Waals surface area contributed by atoms with E-state index in [1.165, 1.54) is 7.11 Å². The molecule has 0 saturated carbocycles. The lowest BCUT2D eigenvalue weighted by Gasteiger charge is -2.24. The summed E-state index contributed by atoms with van der Waals surface area (Å²) < 4.78 is 41.7. The molecule has 0 spiro atoms. The van der Waals surface area contributed by atoms with Gasteiger partial charge in [0, 0.05) is 6.07 Å². The number of methoxy groups -OCH3 is 1. The number of hydrogen-bond acceptors (Lipinski definition) is 6. The van der Waals surface area contributed by atoms with Crippen molar-refractivity contribution >= 4 is 27.3 Å². The smallest absolute Gasteiger partial charge is 0.245 e. The van der Waals surface area contributed by atoms with E-state index in [9.17, 15) is 13.2 Å². The van der Waals surface area contributed by atoms with Crippen LogP contribution in [0.5, 0.6) is 17.2 Å². The van der Waals surface area contributed by atoms with Gasteiger partial charge in [0.15, 0.2) is 11.5 Å². The molecule has 1 heterocycles. The number of hydrogen-bond donors (Lipinski definition) is 1. The van der Waals surface area contributed by atoms with E-state index in [-0.39, 0.29) is 0 Å². The van der Waals surface area contributed by atoms with Crippen molar-refractivity contribution in [2.75, 3.05) is 42.7 Å². The number of ether oxygens (including phenoxy) is 3. The molecular formula is C18H20N2O6S. The number of rotatable bonds is 6. The first-order valence-corrected chi connectivity index (χ1v) is 10.0. The van der Waals surface area contributed by atoms with Crippen molar-refractivity contribution in [1.82, 2.24) is 0 Å². The van der Waals surface area contributed by atoms with Gasteiger partial charge in [-0.3, -0.25) is 9.10 Å². The van der Waals surface area contributed by atoms with Crippen molar-refractivity contribution in [1.29, 1.82) is 0 Å². The number of benzene rings is 2. The maximum Gasteiger partial charge on any atom is 0.245 e. The molecule has 27 heavy (non-hydrogen) atoms. The minimum Gasteiger partial charge on any atom is -0.495 e. The summed E-state index contributed by atoms with van der Waals surface area (Å²) >= 11 is 0. The fourth-order valence-electron chi connectivity index (χ4n) is 2.66. The molecule has 9 heteroatoms. The third-order valence-corrected chi connectivity index (χ3v) is 5.02. The van der Waals surface area contributed by atoms with E-state index in [4.69, 9.17) is 14.2 Å². The van der Waals surface area contributed by atoms with Crippen LogP contribution in [0.3, 0.4) is 0 Å². The normalized spacial score (nSPS) is 13.0. The Bertz CT molecular complexity index is 945. The predicted octanol–water partition coefficient (Wildman–Crippen LogP) is 1.87. The number of para-hydroxylation sites is 2. The number of sulfonamides is 1. The molecule has 0 unspecified atom stereocenters. The van der Waals surface area contributed by atoms with E-state index < -0.39 is 22.5 Å². The maximum absolute atomic E-state index is 12.5. The Hall–Kier alpha value is -2.94. The van der Waals surface area contributed by atoms with Gasteiger partial charge >= 0.3 is 0 Å². The zero-order valence-corrected chi connectivity index (χ0v) is 15.8. The van der Waals surface area contributed by atoms with Crippen LogP contribution in [0.1, 0.15) is 0 Å². The lowest BCUT2D eigenvalue weighted by Crippen LogP contribution is -2.37. The molecule has 1 N–H and O–H groups in total. The lowest BCUT2D eigenvalue weighted by atomic mass is 10.2. The summed E-state index contributed by atoms with van der Waals surface area (Å²) in [6.45, 7) is 0.420. The molecule has 1 aliphatic rings. The Kier molecular flexibility index (Phi) is 5.41. The van der Waals surface area contributed by atoms with Crippen LogP contribution in [0.2, 0.25) is 0 Å². The summed E-state index contributed by atoms with van der Waals surface area (Å²) in [7, 11) is -2.21. The fourth-order valence-corrected chi connectivity index (χ4v) is 3.50. The van der Waals surface area contributed by atoms with Gasteiger partial charge < -0.3 is 19.5 Å². The monoisotopic (exact) mass is 392 g/mol. The van der Waals surface area contributed by atoms with Crippen LogP contribution >= 0.6 is 0 Å². The Morgan fingerprint density at radius 3 is 2.56 bits per heavy atom. The standard InChI is InChI=1S/C18H20N2O6S/c1-24-15-6-4-3-5-14(15)19-18(21)12-20(27(2,22)23)13-7-8-16-17(11-13)26-10-9-25-16/h3-8,11H,9-10,12H2,1-2H3,(H,19,21). The van der Waals surface area contributed by atoms with Crippen LogP contribution in [0.4, 0.5) is 11.4 Å². The van der Waals surface area contributed by atoms with Crippen LogP contribution in [0, 0.1) is 0 Å². The number of carbonyl (C=O) groups excluding carboxylic acids is 1. The van der Waals surface area contributed by atoms with E-state index in [2.05, 4.69) is 5.32 Å². The molecule has 2 aromatic carbocycles. The minimum atomic E-state index is -3.70. The van der Waals surface area contributed by atoms with Gasteiger partial charge in [0.1, 0.15) is 25.5 Å². The second-order valence-corrected chi connectivity index (χ2v) is 7.75. The molecule has 3 rings (SSSR count). The summed E-state index contributed by atoms with van der Waals surface area (Å²) in [5.41, 5.74) is 0.776. The van der Waals surface area contributed by atoms with Crippen molar-refractivity contribution in [3.05, 3.63) is 42.5 Å². The summed E-state index contributed by atoms with van der Waals surface area (Å²) in [4.78, 5) is 12.5. The number of anilines is 2. The predicted molar refractivity (Wildman–Crippen MR) is 101 cm³/mol. The zero-order valence-electron chi connectivity index (χ0n) is 15.0. The van der Waals surface area contributed by atoms with Crippen LogP contribution in [0.25, 0.3) is 0 Å². The molecular weight excluding hydrogens is 372 g/mol. The Balaban J connectivity index is 1.83. The first-order valence-electron chi connectivity index (χ1n) is 8.19. The van der Waals surface area contributed by atoms with Gasteiger partial charge in [-0.05, 0) is 24.3 Å². The molecule has 0 radical (unpaired) electrons. The first kappa shape index (κ1) is 18.8. The minimum absolute atomic E-state index is 0.317. The van der Waals surface area contributed by atoms with Gasteiger partial charge in [-0.2, -0.15) is 0 Å². The molecule has 2 aromatic rings. The number of fused-ring (bicyclic) bond motifs is 1. The van der Waals surface area contributed by atoms with E-state index >= 15 is 0 Å². The van der Waals surface area contributed by atoms with E-state index in [0.29, 0.717) is 41.8 Å². The second kappa shape index (κ2) is 7.75. The fraction of sp³-hybridized carbons (Fsp3) is 0.278. The largest absolute Gasteiger partial charge is 0.495 e. The topological polar surface area (TPSA) is 94.2 Å². The van der Waals surface area contributed by atoms with Crippen molar-refractivity contribution in [3.63, 3.8) is 0 Å². The number of nitrogens with one attached hydrogen (secondary N) is 1. The highest BCUT2D eigenvalue weighted by atomic mass is 32.2. The van der Waals surface area contributed by atoms with E-state index in [1.54, 1.807) is 42.5 Å². The highest BCUT2D eigenvalue weighted by Crippen LogP contribution is 2.34. The Labute approximate surface area is 157 Å². The molecule has 0 aromatic heterocycles. The highest BCUT2D eigenvalue weighted by molar-refractivity contribution is 7.92. The van der Waals surface area contributed by atoms with Gasteiger partial charge in [-0.1, -0.05) is 12.1 Å². The summed E-state index contributed by atoms with van der Waals surface area (Å²) in [5, 5.41) is 2.67. The van der Waals surface area contributed by atoms with Crippen molar-refractivity contribution in [3.8, 4) is 17.2 Å². The van der Waals surface area contributed by atoms with Crippen LogP contribution < -0.4 is 23.8 Å². The molecule has 0 aliphatic carbocycles. The number of nitrogens with zero attached hydrogens (tertiary/aromatic N) is 1. The third kappa shape index (κ3) is 4.43. The van der Waals surface area contributed by atoms with Crippen LogP contribution in [-0.2, 0) is 14.8 Å². The van der Waals surface area contributed by atoms with Gasteiger partial charge in [-0.15, -0.1) is 0 Å². The van der Waals surface area contributed by atoms with Crippen LogP contribution in [-0.4, -0.2) is 47.4 Å². The lowest BCUT2D eigenvalue weighted by molar-refractivity contribution is -0.114. The van der Waals surface area contributed by atoms with Crippen LogP contribution in [0.15, 0.2) is 42.5 Å². The summed E-state index contributed by atoms with van der Waals surface area (Å²) in [6.07, 6.45) is 1.04. The highest BCUT2D eigenvalue weighted by Gasteiger charge is 2.23. The average Bonchev–Trinajstić information content (AvgIpc) is 2.65. The Morgan fingerprint density at radius 2 is 1.85 bits per heavy atom. The summed E-state index contributed by atoms with van der Waals surface area (Å²) in [5.74, 6) is 0.963. The van der Waals surface area contributed by atoms with Gasteiger partial charge in [-0.25, -0.2) is 8.42 Å². The van der Waals surface area contributed by atoms with Gasteiger partial charge in [0.25, 0.3) is 0 Å². The third-order valence-electron chi connectivity index (χ3n) is 3.88. The second-order valence-electron chi connectivity index (χ2n) is 5.85. The van der Waals surface area contributed by atoms with Crippen molar-refractivity contribution in [2.45, 2.75) is 0 Å². The van der Waals surface area contributed by atoms with Gasteiger partial charge in [0.05, 0.1) is 24.7 Å². The average molecular weight is 392 g/mol. The Morgan fingerprint density at radius 1 is 1.15 bits per heavy atom. The van der Waals surface area contributed by atoms with E-state index in [0.717, 1.165) is 10.6 Å². The molecule has 1 amide bonds. The molecule has 0 atom stereocenters. The quantitative estimate of drug-likeness (QED) is 0.807. The molecule has 1 aliphatic heterocycles.